The first-order valence-electron chi connectivity index (χ1n) is 21.8. The van der Waals surface area contributed by atoms with Gasteiger partial charge in [0.05, 0.1) is 28.4 Å². The Morgan fingerprint density at radius 2 is 0.875 bits per heavy atom. The summed E-state index contributed by atoms with van der Waals surface area (Å²) in [6, 6.07) is 82.0. The molecule has 0 fully saturated rings. The topological polar surface area (TPSA) is 28.9 Å². The van der Waals surface area contributed by atoms with E-state index in [2.05, 4.69) is 228 Å². The first-order valence-corrected chi connectivity index (χ1v) is 21.8. The van der Waals surface area contributed by atoms with Gasteiger partial charge in [-0.1, -0.05) is 170 Å². The monoisotopic (exact) mass is 818 g/mol. The van der Waals surface area contributed by atoms with Crippen LogP contribution in [0.5, 0.6) is 11.5 Å². The Morgan fingerprint density at radius 3 is 1.59 bits per heavy atom. The van der Waals surface area contributed by atoms with E-state index in [0.29, 0.717) is 0 Å². The van der Waals surface area contributed by atoms with E-state index in [9.17, 15) is 0 Å². The fourth-order valence-electron chi connectivity index (χ4n) is 10.0. The van der Waals surface area contributed by atoms with Gasteiger partial charge in [-0.15, -0.1) is 0 Å². The Kier molecular flexibility index (Phi) is 8.18. The van der Waals surface area contributed by atoms with Crippen LogP contribution >= 0.6 is 0 Å². The molecule has 12 aromatic rings. The van der Waals surface area contributed by atoms with Gasteiger partial charge in [-0.2, -0.15) is 0 Å². The number of furan rings is 1. The van der Waals surface area contributed by atoms with Gasteiger partial charge in [0, 0.05) is 55.2 Å². The summed E-state index contributed by atoms with van der Waals surface area (Å²) in [6.45, 7) is 0. The van der Waals surface area contributed by atoms with Crippen molar-refractivity contribution in [3.05, 3.63) is 231 Å². The van der Waals surface area contributed by atoms with Gasteiger partial charge in [0.1, 0.15) is 17.1 Å². The smallest absolute Gasteiger partial charge is 0.159 e. The number of benzene rings is 11. The van der Waals surface area contributed by atoms with Gasteiger partial charge in [0.15, 0.2) is 5.58 Å². The molecule has 0 saturated carbocycles. The maximum atomic E-state index is 7.15. The summed E-state index contributed by atoms with van der Waals surface area (Å²) in [5, 5.41) is 8.93. The normalized spacial score (nSPS) is 11.9. The second-order valence-electron chi connectivity index (χ2n) is 16.4. The minimum atomic E-state index is 0.823. The van der Waals surface area contributed by atoms with Gasteiger partial charge in [-0.25, -0.2) is 0 Å². The van der Waals surface area contributed by atoms with Crippen molar-refractivity contribution in [3.63, 3.8) is 0 Å². The van der Waals surface area contributed by atoms with E-state index in [1.54, 1.807) is 0 Å². The maximum absolute atomic E-state index is 7.15. The van der Waals surface area contributed by atoms with Crippen molar-refractivity contribution in [2.45, 2.75) is 0 Å². The molecule has 0 unspecified atom stereocenters. The molecule has 300 valence electrons. The average molecular weight is 819 g/mol. The van der Waals surface area contributed by atoms with E-state index < -0.39 is 0 Å². The van der Waals surface area contributed by atoms with Gasteiger partial charge in [-0.3, -0.25) is 0 Å². The van der Waals surface area contributed by atoms with Gasteiger partial charge >= 0.3 is 0 Å². The zero-order chi connectivity index (χ0) is 42.1. The lowest BCUT2D eigenvalue weighted by atomic mass is 9.91. The van der Waals surface area contributed by atoms with Crippen molar-refractivity contribution in [1.29, 1.82) is 0 Å². The number of rotatable bonds is 8. The zero-order valence-corrected chi connectivity index (χ0v) is 34.7. The van der Waals surface area contributed by atoms with Crippen LogP contribution in [0.3, 0.4) is 0 Å². The Morgan fingerprint density at radius 1 is 0.312 bits per heavy atom. The van der Waals surface area contributed by atoms with E-state index in [1.165, 1.54) is 5.39 Å². The van der Waals surface area contributed by atoms with E-state index in [0.717, 1.165) is 117 Å². The molecular weight excluding hydrogens is 781 g/mol. The predicted molar refractivity (Wildman–Crippen MR) is 267 cm³/mol. The zero-order valence-electron chi connectivity index (χ0n) is 34.7. The number of hydrogen-bond donors (Lipinski definition) is 0. The average Bonchev–Trinajstić information content (AvgIpc) is 3.75. The highest BCUT2D eigenvalue weighted by atomic mass is 16.5. The molecule has 4 nitrogen and oxygen atoms in total. The van der Waals surface area contributed by atoms with E-state index in [4.69, 9.17) is 9.15 Å². The molecule has 0 N–H and O–H groups in total. The summed E-state index contributed by atoms with van der Waals surface area (Å²) in [7, 11) is 0. The molecule has 1 aromatic heterocycles. The van der Waals surface area contributed by atoms with Crippen LogP contribution in [-0.4, -0.2) is 0 Å². The Labute approximate surface area is 370 Å². The fourth-order valence-corrected chi connectivity index (χ4v) is 10.0. The Balaban J connectivity index is 1.06. The summed E-state index contributed by atoms with van der Waals surface area (Å²) in [5.41, 5.74) is 12.5. The molecule has 0 atom stereocenters. The van der Waals surface area contributed by atoms with Gasteiger partial charge in [-0.05, 0) is 76.5 Å². The molecular formula is C60H38N2O2. The summed E-state index contributed by atoms with van der Waals surface area (Å²) >= 11 is 0. The molecule has 0 amide bonds. The molecule has 4 heteroatoms. The third-order valence-electron chi connectivity index (χ3n) is 12.8. The fraction of sp³-hybridized carbons (Fsp3) is 0. The lowest BCUT2D eigenvalue weighted by Gasteiger charge is -2.32. The van der Waals surface area contributed by atoms with E-state index >= 15 is 0 Å². The van der Waals surface area contributed by atoms with Crippen LogP contribution in [0.4, 0.5) is 34.1 Å². The van der Waals surface area contributed by atoms with Gasteiger partial charge in [0.2, 0.25) is 0 Å². The minimum absolute atomic E-state index is 0.823. The number of nitrogens with zero attached hydrogens (tertiary/aromatic N) is 2. The molecule has 0 bridgehead atoms. The van der Waals surface area contributed by atoms with Crippen molar-refractivity contribution in [2.75, 3.05) is 9.80 Å². The van der Waals surface area contributed by atoms with Gasteiger partial charge < -0.3 is 19.0 Å². The maximum Gasteiger partial charge on any atom is 0.159 e. The first kappa shape index (κ1) is 36.1. The number of ether oxygens (including phenoxy) is 1. The molecule has 13 rings (SSSR count). The molecule has 64 heavy (non-hydrogen) atoms. The quantitative estimate of drug-likeness (QED) is 0.143. The highest BCUT2D eigenvalue weighted by molar-refractivity contribution is 6.28. The van der Waals surface area contributed by atoms with Crippen molar-refractivity contribution < 1.29 is 9.15 Å². The summed E-state index contributed by atoms with van der Waals surface area (Å²) in [5.74, 6) is 1.66. The summed E-state index contributed by atoms with van der Waals surface area (Å²) in [4.78, 5) is 4.75. The van der Waals surface area contributed by atoms with Gasteiger partial charge in [0.25, 0.3) is 0 Å². The number of hydrogen-bond acceptors (Lipinski definition) is 4. The molecule has 1 aliphatic rings. The SMILES string of the molecule is c1ccc(-c2ccccc2N(c2ccccc2-c2ccccc2)c2cc3ccc4cc(N(c5ccccc5)c5cccc6c5oc5ccccc56)cc5c4c3c3c(cccc23)O5)cc1. The Bertz CT molecular complexity index is 3680. The molecule has 0 aliphatic carbocycles. The third-order valence-corrected chi connectivity index (χ3v) is 12.8. The van der Waals surface area contributed by atoms with Crippen molar-refractivity contribution in [3.8, 4) is 33.8 Å². The highest BCUT2D eigenvalue weighted by Gasteiger charge is 2.28. The van der Waals surface area contributed by atoms with Crippen LogP contribution < -0.4 is 14.5 Å². The molecule has 1 aliphatic heterocycles. The van der Waals surface area contributed by atoms with Crippen LogP contribution in [-0.2, 0) is 0 Å². The number of fused-ring (bicyclic) bond motifs is 3. The van der Waals surface area contributed by atoms with E-state index in [-0.39, 0.29) is 0 Å². The highest BCUT2D eigenvalue weighted by Crippen LogP contribution is 2.55. The lowest BCUT2D eigenvalue weighted by Crippen LogP contribution is -2.13. The number of para-hydroxylation sites is 5. The van der Waals surface area contributed by atoms with Crippen LogP contribution in [0.1, 0.15) is 0 Å². The Hall–Kier alpha value is -8.60. The second-order valence-corrected chi connectivity index (χ2v) is 16.4. The third kappa shape index (κ3) is 5.63. The van der Waals surface area contributed by atoms with Crippen LogP contribution in [0.25, 0.3) is 76.5 Å². The first-order chi connectivity index (χ1) is 31.8. The molecule has 11 aromatic carbocycles. The second kappa shape index (κ2) is 14.5. The predicted octanol–water partition coefficient (Wildman–Crippen LogP) is 17.4. The van der Waals surface area contributed by atoms with E-state index in [1.807, 2.05) is 12.1 Å². The van der Waals surface area contributed by atoms with Crippen molar-refractivity contribution >= 4 is 88.4 Å². The standard InChI is InChI=1S/C60H38N2O2/c1-4-18-39(19-5-1)45-24-10-13-29-50(45)62(51-30-14-11-25-46(51)40-20-6-2-7-21-40)53-37-42-35-34-41-36-44(38-56-57(41)58(42)59-49(53)28-17-33-55(59)63-56)61(43-22-8-3-9-23-43)52-31-16-27-48-47-26-12-15-32-54(47)64-60(48)52/h1-38H. The van der Waals surface area contributed by atoms with Crippen molar-refractivity contribution in [2.24, 2.45) is 0 Å². The summed E-state index contributed by atoms with van der Waals surface area (Å²) in [6.07, 6.45) is 0. The van der Waals surface area contributed by atoms with Crippen molar-refractivity contribution in [1.82, 2.24) is 0 Å². The van der Waals surface area contributed by atoms with Crippen LogP contribution in [0, 0.1) is 0 Å². The molecule has 0 saturated heterocycles. The lowest BCUT2D eigenvalue weighted by molar-refractivity contribution is 0.493. The largest absolute Gasteiger partial charge is 0.456 e. The van der Waals surface area contributed by atoms with Crippen LogP contribution in [0.15, 0.2) is 235 Å². The molecule has 0 spiro atoms. The molecule has 2 heterocycles. The minimum Gasteiger partial charge on any atom is -0.456 e. The summed E-state index contributed by atoms with van der Waals surface area (Å²) < 4.78 is 13.8. The number of anilines is 6. The van der Waals surface area contributed by atoms with Crippen LogP contribution in [0.2, 0.25) is 0 Å². The molecule has 0 radical (unpaired) electrons.